The molecule has 122 valence electrons. The van der Waals surface area contributed by atoms with E-state index >= 15 is 0 Å². The van der Waals surface area contributed by atoms with E-state index in [1.807, 2.05) is 0 Å². The van der Waals surface area contributed by atoms with E-state index in [0.717, 1.165) is 6.42 Å². The summed E-state index contributed by atoms with van der Waals surface area (Å²) in [4.78, 5) is 15.4. The highest BCUT2D eigenvalue weighted by Gasteiger charge is 2.38. The van der Waals surface area contributed by atoms with E-state index in [9.17, 15) is 14.3 Å². The predicted octanol–water partition coefficient (Wildman–Crippen LogP) is 3.89. The van der Waals surface area contributed by atoms with Gasteiger partial charge in [-0.25, -0.2) is 4.39 Å². The summed E-state index contributed by atoms with van der Waals surface area (Å²) in [7, 11) is 0. The fourth-order valence-electron chi connectivity index (χ4n) is 3.57. The minimum Gasteiger partial charge on any atom is -0.490 e. The summed E-state index contributed by atoms with van der Waals surface area (Å²) in [6.45, 7) is 3.82. The lowest BCUT2D eigenvalue weighted by Crippen LogP contribution is -2.23. The first kappa shape index (κ1) is 15.7. The van der Waals surface area contributed by atoms with Crippen molar-refractivity contribution >= 4 is 16.9 Å². The highest BCUT2D eigenvalue weighted by atomic mass is 19.1. The van der Waals surface area contributed by atoms with Crippen molar-refractivity contribution in [2.24, 2.45) is 17.8 Å². The molecule has 1 fully saturated rings. The molecule has 0 spiro atoms. The fourth-order valence-corrected chi connectivity index (χ4v) is 3.57. The lowest BCUT2D eigenvalue weighted by Gasteiger charge is -2.19. The Morgan fingerprint density at radius 3 is 2.91 bits per heavy atom. The fraction of sp³-hybridized carbons (Fsp3) is 0.444. The summed E-state index contributed by atoms with van der Waals surface area (Å²) >= 11 is 0. The predicted molar refractivity (Wildman–Crippen MR) is 84.8 cm³/mol. The molecular formula is C18H20FNO3. The van der Waals surface area contributed by atoms with Gasteiger partial charge in [0.25, 0.3) is 0 Å². The average molecular weight is 317 g/mol. The van der Waals surface area contributed by atoms with E-state index in [1.54, 1.807) is 25.3 Å². The summed E-state index contributed by atoms with van der Waals surface area (Å²) in [5.74, 6) is -0.481. The molecule has 0 radical (unpaired) electrons. The molecule has 4 nitrogen and oxygen atoms in total. The maximum atomic E-state index is 13.5. The minimum atomic E-state index is -0.765. The molecule has 1 N–H and O–H groups in total. The molecule has 1 saturated carbocycles. The van der Waals surface area contributed by atoms with Crippen LogP contribution in [0.25, 0.3) is 10.9 Å². The molecule has 23 heavy (non-hydrogen) atoms. The number of halogens is 1. The Morgan fingerprint density at radius 2 is 2.17 bits per heavy atom. The van der Waals surface area contributed by atoms with Gasteiger partial charge >= 0.3 is 5.97 Å². The van der Waals surface area contributed by atoms with Gasteiger partial charge in [0.2, 0.25) is 0 Å². The number of carboxylic acids is 1. The Bertz CT molecular complexity index is 733. The van der Waals surface area contributed by atoms with Crippen molar-refractivity contribution in [3.63, 3.8) is 0 Å². The molecule has 4 unspecified atom stereocenters. The summed E-state index contributed by atoms with van der Waals surface area (Å²) in [6.07, 6.45) is 3.10. The smallest absolute Gasteiger partial charge is 0.306 e. The van der Waals surface area contributed by atoms with Gasteiger partial charge in [0, 0.05) is 11.6 Å². The topological polar surface area (TPSA) is 59.4 Å². The molecule has 1 heterocycles. The van der Waals surface area contributed by atoms with Crippen LogP contribution in [0.5, 0.6) is 5.75 Å². The van der Waals surface area contributed by atoms with Crippen LogP contribution < -0.4 is 4.74 Å². The highest BCUT2D eigenvalue weighted by molar-refractivity contribution is 5.84. The quantitative estimate of drug-likeness (QED) is 0.929. The molecule has 1 aliphatic carbocycles. The van der Waals surface area contributed by atoms with Crippen LogP contribution in [0.4, 0.5) is 4.39 Å². The number of rotatable bonds is 4. The number of pyridine rings is 1. The molecule has 2 aromatic rings. The first-order chi connectivity index (χ1) is 11.0. The van der Waals surface area contributed by atoms with E-state index in [0.29, 0.717) is 23.1 Å². The van der Waals surface area contributed by atoms with Gasteiger partial charge in [-0.2, -0.15) is 0 Å². The van der Waals surface area contributed by atoms with E-state index in [4.69, 9.17) is 4.74 Å². The largest absolute Gasteiger partial charge is 0.490 e. The van der Waals surface area contributed by atoms with Crippen molar-refractivity contribution in [1.82, 2.24) is 4.98 Å². The van der Waals surface area contributed by atoms with E-state index < -0.39 is 5.97 Å². The number of hydrogen-bond acceptors (Lipinski definition) is 3. The number of ether oxygens (including phenoxy) is 1. The van der Waals surface area contributed by atoms with Crippen molar-refractivity contribution in [2.75, 3.05) is 0 Å². The average Bonchev–Trinajstić information content (AvgIpc) is 2.87. The number of aliphatic carboxylic acids is 1. The number of aromatic nitrogens is 1. The SMILES string of the molecule is CC1CC(Oc2ccnc3ccc(F)cc23)CC1C(C)C(=O)O. The van der Waals surface area contributed by atoms with Crippen molar-refractivity contribution in [3.8, 4) is 5.75 Å². The minimum absolute atomic E-state index is 0.0503. The van der Waals surface area contributed by atoms with E-state index in [1.165, 1.54) is 12.1 Å². The second-order valence-corrected chi connectivity index (χ2v) is 6.45. The summed E-state index contributed by atoms with van der Waals surface area (Å²) in [5, 5.41) is 9.87. The second-order valence-electron chi connectivity index (χ2n) is 6.45. The number of carboxylic acid groups (broad SMARTS) is 1. The van der Waals surface area contributed by atoms with Gasteiger partial charge in [0.15, 0.2) is 0 Å². The second kappa shape index (κ2) is 6.14. The highest BCUT2D eigenvalue weighted by Crippen LogP contribution is 2.39. The third-order valence-corrected chi connectivity index (χ3v) is 4.89. The van der Waals surface area contributed by atoms with Crippen LogP contribution in [0.1, 0.15) is 26.7 Å². The van der Waals surface area contributed by atoms with Gasteiger partial charge < -0.3 is 9.84 Å². The molecule has 4 atom stereocenters. The molecule has 0 aliphatic heterocycles. The molecule has 0 amide bonds. The summed E-state index contributed by atoms with van der Waals surface area (Å²) < 4.78 is 19.6. The number of carbonyl (C=O) groups is 1. The van der Waals surface area contributed by atoms with Gasteiger partial charge in [0.1, 0.15) is 11.6 Å². The van der Waals surface area contributed by atoms with Gasteiger partial charge in [-0.1, -0.05) is 13.8 Å². The Balaban J connectivity index is 1.81. The maximum absolute atomic E-state index is 13.5. The standard InChI is InChI=1S/C18H20FNO3/c1-10-7-13(9-14(10)11(2)18(21)22)23-17-5-6-20-16-4-3-12(19)8-15(16)17/h3-6,8,10-11,13-14H,7,9H2,1-2H3,(H,21,22). The molecule has 5 heteroatoms. The summed E-state index contributed by atoms with van der Waals surface area (Å²) in [5.41, 5.74) is 0.686. The van der Waals surface area contributed by atoms with E-state index in [-0.39, 0.29) is 29.7 Å². The molecule has 1 aromatic carbocycles. The Hall–Kier alpha value is -2.17. The van der Waals surface area contributed by atoms with Crippen molar-refractivity contribution in [1.29, 1.82) is 0 Å². The van der Waals surface area contributed by atoms with Crippen LogP contribution in [-0.2, 0) is 4.79 Å². The van der Waals surface area contributed by atoms with Crippen LogP contribution >= 0.6 is 0 Å². The van der Waals surface area contributed by atoms with Crippen LogP contribution in [0, 0.1) is 23.6 Å². The summed E-state index contributed by atoms with van der Waals surface area (Å²) in [6, 6.07) is 6.17. The number of hydrogen-bond donors (Lipinski definition) is 1. The molecule has 3 rings (SSSR count). The zero-order valence-corrected chi connectivity index (χ0v) is 13.2. The molecule has 1 aromatic heterocycles. The zero-order chi connectivity index (χ0) is 16.6. The van der Waals surface area contributed by atoms with Crippen LogP contribution in [0.3, 0.4) is 0 Å². The Kier molecular flexibility index (Phi) is 4.20. The van der Waals surface area contributed by atoms with Gasteiger partial charge in [-0.05, 0) is 48.9 Å². The molecule has 0 bridgehead atoms. The Morgan fingerprint density at radius 1 is 1.39 bits per heavy atom. The number of nitrogens with zero attached hydrogens (tertiary/aromatic N) is 1. The first-order valence-corrected chi connectivity index (χ1v) is 7.89. The number of fused-ring (bicyclic) bond motifs is 1. The van der Waals surface area contributed by atoms with Crippen molar-refractivity contribution in [2.45, 2.75) is 32.8 Å². The lowest BCUT2D eigenvalue weighted by atomic mass is 9.86. The van der Waals surface area contributed by atoms with Gasteiger partial charge in [-0.3, -0.25) is 9.78 Å². The Labute approximate surface area is 134 Å². The van der Waals surface area contributed by atoms with Crippen molar-refractivity contribution < 1.29 is 19.0 Å². The number of benzene rings is 1. The first-order valence-electron chi connectivity index (χ1n) is 7.89. The monoisotopic (exact) mass is 317 g/mol. The lowest BCUT2D eigenvalue weighted by molar-refractivity contribution is -0.143. The molecule has 1 aliphatic rings. The normalized spacial score (nSPS) is 25.4. The van der Waals surface area contributed by atoms with Crippen molar-refractivity contribution in [3.05, 3.63) is 36.3 Å². The molecular weight excluding hydrogens is 297 g/mol. The third-order valence-electron chi connectivity index (χ3n) is 4.89. The zero-order valence-electron chi connectivity index (χ0n) is 13.2. The van der Waals surface area contributed by atoms with E-state index in [2.05, 4.69) is 11.9 Å². The third kappa shape index (κ3) is 3.14. The molecule has 0 saturated heterocycles. The van der Waals surface area contributed by atoms with Gasteiger partial charge in [-0.15, -0.1) is 0 Å². The maximum Gasteiger partial charge on any atom is 0.306 e. The van der Waals surface area contributed by atoms with Crippen LogP contribution in [0.2, 0.25) is 0 Å². The van der Waals surface area contributed by atoms with Crippen LogP contribution in [-0.4, -0.2) is 22.2 Å². The van der Waals surface area contributed by atoms with Gasteiger partial charge in [0.05, 0.1) is 17.5 Å². The van der Waals surface area contributed by atoms with Crippen LogP contribution in [0.15, 0.2) is 30.5 Å².